The molecule has 10 heteroatoms. The summed E-state index contributed by atoms with van der Waals surface area (Å²) in [4.78, 5) is 15.3. The topological polar surface area (TPSA) is 59.8 Å². The van der Waals surface area contributed by atoms with Crippen LogP contribution in [0.25, 0.3) is 11.1 Å². The van der Waals surface area contributed by atoms with Gasteiger partial charge in [-0.05, 0) is 66.1 Å². The fourth-order valence-corrected chi connectivity index (χ4v) is 4.04. The SMILES string of the molecule is CCc1cnc(N2CCC(COc3c(F)cc(-c4cc(F)c(/C=N/OC)c(F)c4)cc3F)CC2)nc1. The van der Waals surface area contributed by atoms with Crippen molar-refractivity contribution in [1.82, 2.24) is 9.97 Å². The third-order valence-electron chi connectivity index (χ3n) is 6.16. The lowest BCUT2D eigenvalue weighted by Gasteiger charge is -2.31. The van der Waals surface area contributed by atoms with Gasteiger partial charge in [0.15, 0.2) is 17.4 Å². The van der Waals surface area contributed by atoms with Gasteiger partial charge in [-0.3, -0.25) is 0 Å². The lowest BCUT2D eigenvalue weighted by Crippen LogP contribution is -2.36. The van der Waals surface area contributed by atoms with Gasteiger partial charge in [-0.1, -0.05) is 12.1 Å². The van der Waals surface area contributed by atoms with Crippen molar-refractivity contribution in [3.05, 3.63) is 71.1 Å². The molecule has 0 spiro atoms. The molecule has 6 nitrogen and oxygen atoms in total. The van der Waals surface area contributed by atoms with Gasteiger partial charge in [0.05, 0.1) is 18.4 Å². The Morgan fingerprint density at radius 2 is 1.50 bits per heavy atom. The second kappa shape index (κ2) is 11.4. The van der Waals surface area contributed by atoms with E-state index >= 15 is 0 Å². The highest BCUT2D eigenvalue weighted by molar-refractivity contribution is 5.81. The summed E-state index contributed by atoms with van der Waals surface area (Å²) in [7, 11) is 1.24. The molecule has 0 aliphatic carbocycles. The van der Waals surface area contributed by atoms with E-state index in [9.17, 15) is 17.6 Å². The summed E-state index contributed by atoms with van der Waals surface area (Å²) in [5.41, 5.74) is 0.608. The molecule has 1 aromatic heterocycles. The van der Waals surface area contributed by atoms with E-state index in [2.05, 4.69) is 24.9 Å². The van der Waals surface area contributed by atoms with Crippen LogP contribution in [0, 0.1) is 29.2 Å². The number of piperidine rings is 1. The van der Waals surface area contributed by atoms with Crippen LogP contribution in [0.2, 0.25) is 0 Å². The number of oxime groups is 1. The van der Waals surface area contributed by atoms with E-state index in [0.717, 1.165) is 55.3 Å². The van der Waals surface area contributed by atoms with E-state index in [4.69, 9.17) is 4.74 Å². The Morgan fingerprint density at radius 3 is 2.03 bits per heavy atom. The minimum absolute atomic E-state index is 0.0206. The van der Waals surface area contributed by atoms with Crippen LogP contribution >= 0.6 is 0 Å². The monoisotopic (exact) mass is 502 g/mol. The molecule has 36 heavy (non-hydrogen) atoms. The molecule has 0 bridgehead atoms. The Morgan fingerprint density at radius 1 is 0.944 bits per heavy atom. The van der Waals surface area contributed by atoms with Gasteiger partial charge in [0.2, 0.25) is 5.95 Å². The number of halogens is 4. The molecule has 2 heterocycles. The Hall–Kier alpha value is -3.69. The number of rotatable bonds is 8. The molecule has 3 aromatic rings. The van der Waals surface area contributed by atoms with E-state index in [-0.39, 0.29) is 23.7 Å². The highest BCUT2D eigenvalue weighted by atomic mass is 19.1. The van der Waals surface area contributed by atoms with Crippen molar-refractivity contribution in [3.63, 3.8) is 0 Å². The van der Waals surface area contributed by atoms with Gasteiger partial charge in [-0.2, -0.15) is 0 Å². The first-order valence-corrected chi connectivity index (χ1v) is 11.6. The predicted molar refractivity (Wildman–Crippen MR) is 128 cm³/mol. The molecule has 1 fully saturated rings. The van der Waals surface area contributed by atoms with Gasteiger partial charge < -0.3 is 14.5 Å². The Labute approximate surface area is 206 Å². The molecule has 0 radical (unpaired) electrons. The molecular formula is C26H26F4N4O2. The fourth-order valence-electron chi connectivity index (χ4n) is 4.04. The highest BCUT2D eigenvalue weighted by Crippen LogP contribution is 2.31. The van der Waals surface area contributed by atoms with Gasteiger partial charge in [0, 0.05) is 25.5 Å². The van der Waals surface area contributed by atoms with Crippen molar-refractivity contribution < 1.29 is 27.1 Å². The van der Waals surface area contributed by atoms with E-state index in [0.29, 0.717) is 19.0 Å². The molecular weight excluding hydrogens is 476 g/mol. The zero-order valence-electron chi connectivity index (χ0n) is 20.0. The number of anilines is 1. The maximum atomic E-state index is 14.7. The number of hydrogen-bond donors (Lipinski definition) is 0. The van der Waals surface area contributed by atoms with Crippen LogP contribution in [0.3, 0.4) is 0 Å². The van der Waals surface area contributed by atoms with Crippen molar-refractivity contribution in [2.75, 3.05) is 31.7 Å². The molecule has 1 saturated heterocycles. The summed E-state index contributed by atoms with van der Waals surface area (Å²) in [6, 6.07) is 3.94. The molecule has 0 unspecified atom stereocenters. The Bertz CT molecular complexity index is 1180. The van der Waals surface area contributed by atoms with Crippen molar-refractivity contribution in [2.24, 2.45) is 11.1 Å². The fraction of sp³-hybridized carbons (Fsp3) is 0.346. The minimum Gasteiger partial charge on any atom is -0.487 e. The molecule has 0 amide bonds. The van der Waals surface area contributed by atoms with Gasteiger partial charge in [0.25, 0.3) is 0 Å². The van der Waals surface area contributed by atoms with Crippen molar-refractivity contribution in [3.8, 4) is 16.9 Å². The first-order valence-electron chi connectivity index (χ1n) is 11.6. The number of nitrogens with zero attached hydrogens (tertiary/aromatic N) is 4. The molecule has 190 valence electrons. The van der Waals surface area contributed by atoms with Gasteiger partial charge >= 0.3 is 0 Å². The largest absolute Gasteiger partial charge is 0.487 e. The zero-order chi connectivity index (χ0) is 25.7. The van der Waals surface area contributed by atoms with Crippen molar-refractivity contribution >= 4 is 12.2 Å². The minimum atomic E-state index is -0.947. The first kappa shape index (κ1) is 25.4. The third kappa shape index (κ3) is 5.75. The van der Waals surface area contributed by atoms with Crippen LogP contribution in [-0.2, 0) is 11.3 Å². The quantitative estimate of drug-likeness (QED) is 0.230. The second-order valence-electron chi connectivity index (χ2n) is 8.53. The molecule has 2 aromatic carbocycles. The Balaban J connectivity index is 1.39. The normalized spacial score (nSPS) is 14.4. The lowest BCUT2D eigenvalue weighted by atomic mass is 9.98. The maximum Gasteiger partial charge on any atom is 0.225 e. The summed E-state index contributed by atoms with van der Waals surface area (Å²) in [6.45, 7) is 3.62. The molecule has 0 N–H and O–H groups in total. The molecule has 0 atom stereocenters. The predicted octanol–water partition coefficient (Wildman–Crippen LogP) is 5.54. The molecule has 4 rings (SSSR count). The van der Waals surface area contributed by atoms with Crippen molar-refractivity contribution in [1.29, 1.82) is 0 Å². The van der Waals surface area contributed by atoms with Crippen molar-refractivity contribution in [2.45, 2.75) is 26.2 Å². The Kier molecular flexibility index (Phi) is 8.02. The lowest BCUT2D eigenvalue weighted by molar-refractivity contribution is 0.207. The maximum absolute atomic E-state index is 14.7. The number of aromatic nitrogens is 2. The number of ether oxygens (including phenoxy) is 1. The van der Waals surface area contributed by atoms with Gasteiger partial charge in [0.1, 0.15) is 18.7 Å². The zero-order valence-corrected chi connectivity index (χ0v) is 20.0. The first-order chi connectivity index (χ1) is 17.4. The third-order valence-corrected chi connectivity index (χ3v) is 6.16. The van der Waals surface area contributed by atoms with Gasteiger partial charge in [-0.15, -0.1) is 0 Å². The standard InChI is InChI=1S/C26H26F4N4O2/c1-3-16-12-31-26(32-13-16)34-6-4-17(5-7-34)15-36-25-23(29)10-19(11-24(25)30)18-8-21(27)20(14-33-35-2)22(28)9-18/h8-14,17H,3-7,15H2,1-2H3/b33-14+. The molecule has 0 saturated carbocycles. The summed E-state index contributed by atoms with van der Waals surface area (Å²) in [5.74, 6) is -3.50. The summed E-state index contributed by atoms with van der Waals surface area (Å²) in [5, 5.41) is 3.34. The average molecular weight is 503 g/mol. The second-order valence-corrected chi connectivity index (χ2v) is 8.53. The molecule has 1 aliphatic rings. The average Bonchev–Trinajstić information content (AvgIpc) is 2.88. The summed E-state index contributed by atoms with van der Waals surface area (Å²) >= 11 is 0. The summed E-state index contributed by atoms with van der Waals surface area (Å²) < 4.78 is 63.5. The highest BCUT2D eigenvalue weighted by Gasteiger charge is 2.23. The van der Waals surface area contributed by atoms with Crippen LogP contribution in [0.15, 0.2) is 41.8 Å². The van der Waals surface area contributed by atoms with E-state index in [1.807, 2.05) is 19.3 Å². The number of benzene rings is 2. The van der Waals surface area contributed by atoms with E-state index in [1.54, 1.807) is 0 Å². The van der Waals surface area contributed by atoms with Crippen LogP contribution in [-0.4, -0.2) is 43.0 Å². The van der Waals surface area contributed by atoms with Crippen LogP contribution < -0.4 is 9.64 Å². The van der Waals surface area contributed by atoms with Gasteiger partial charge in [-0.25, -0.2) is 27.5 Å². The van der Waals surface area contributed by atoms with Crippen LogP contribution in [0.4, 0.5) is 23.5 Å². The van der Waals surface area contributed by atoms with E-state index < -0.39 is 34.6 Å². The number of hydrogen-bond acceptors (Lipinski definition) is 6. The van der Waals surface area contributed by atoms with E-state index in [1.165, 1.54) is 7.11 Å². The molecule has 1 aliphatic heterocycles. The van der Waals surface area contributed by atoms with Crippen LogP contribution in [0.5, 0.6) is 5.75 Å². The summed E-state index contributed by atoms with van der Waals surface area (Å²) in [6.07, 6.45) is 6.91. The van der Waals surface area contributed by atoms with Crippen LogP contribution in [0.1, 0.15) is 30.9 Å². The smallest absolute Gasteiger partial charge is 0.225 e. The number of aryl methyl sites for hydroxylation is 1.